The molecule has 0 radical (unpaired) electrons. The number of nitrogens with zero attached hydrogens (tertiary/aromatic N) is 1. The number of esters is 4. The standard InChI is InChI=1S/C25H31NO8/c1-7-16(5)24(29)31-13-18(8-2)25(30)32-14-19-9-10-26-21(33-17(6)27)12-20(23(19)26)34-22(28)11-15(3)4/h7-11,20-21H,12-14H2,1-6H3/t20-,21-/m0/s1. The fourth-order valence-corrected chi connectivity index (χ4v) is 3.34. The lowest BCUT2D eigenvalue weighted by molar-refractivity contribution is -0.153. The van der Waals surface area contributed by atoms with Crippen molar-refractivity contribution < 1.29 is 38.1 Å². The Bertz CT molecular complexity index is 1040. The Labute approximate surface area is 199 Å². The van der Waals surface area contributed by atoms with Crippen molar-refractivity contribution in [2.24, 2.45) is 0 Å². The number of aromatic nitrogens is 1. The normalized spacial score (nSPS) is 17.5. The molecule has 0 saturated carbocycles. The molecule has 0 amide bonds. The number of fused-ring (bicyclic) bond motifs is 1. The number of hydrogen-bond acceptors (Lipinski definition) is 8. The maximum atomic E-state index is 12.5. The molecule has 0 fully saturated rings. The predicted molar refractivity (Wildman–Crippen MR) is 122 cm³/mol. The lowest BCUT2D eigenvalue weighted by Crippen LogP contribution is -2.16. The Morgan fingerprint density at radius 2 is 1.71 bits per heavy atom. The first kappa shape index (κ1) is 26.6. The average Bonchev–Trinajstić information content (AvgIpc) is 3.32. The van der Waals surface area contributed by atoms with E-state index < -0.39 is 36.2 Å². The molecule has 2 rings (SSSR count). The van der Waals surface area contributed by atoms with Gasteiger partial charge in [-0.05, 0) is 40.7 Å². The molecule has 0 aliphatic carbocycles. The largest absolute Gasteiger partial charge is 0.457 e. The molecular weight excluding hydrogens is 442 g/mol. The summed E-state index contributed by atoms with van der Waals surface area (Å²) in [4.78, 5) is 48.1. The van der Waals surface area contributed by atoms with Crippen LogP contribution in [0.1, 0.15) is 71.6 Å². The minimum Gasteiger partial charge on any atom is -0.457 e. The summed E-state index contributed by atoms with van der Waals surface area (Å²) < 4.78 is 23.2. The molecule has 1 aliphatic rings. The number of rotatable bonds is 9. The zero-order valence-electron chi connectivity index (χ0n) is 20.4. The van der Waals surface area contributed by atoms with Crippen LogP contribution in [0.3, 0.4) is 0 Å². The molecular formula is C25H31NO8. The van der Waals surface area contributed by atoms with Crippen molar-refractivity contribution in [3.63, 3.8) is 0 Å². The van der Waals surface area contributed by atoms with Gasteiger partial charge in [-0.2, -0.15) is 0 Å². The second kappa shape index (κ2) is 12.0. The van der Waals surface area contributed by atoms with E-state index >= 15 is 0 Å². The van der Waals surface area contributed by atoms with E-state index in [1.54, 1.807) is 57.5 Å². The van der Waals surface area contributed by atoms with Crippen molar-refractivity contribution in [2.45, 2.75) is 66.9 Å². The van der Waals surface area contributed by atoms with Crippen molar-refractivity contribution in [3.05, 3.63) is 58.5 Å². The van der Waals surface area contributed by atoms with Gasteiger partial charge in [0.05, 0.1) is 11.3 Å². The number of carbonyl (C=O) groups excluding carboxylic acids is 4. The summed E-state index contributed by atoms with van der Waals surface area (Å²) in [7, 11) is 0. The van der Waals surface area contributed by atoms with Gasteiger partial charge < -0.3 is 23.5 Å². The van der Waals surface area contributed by atoms with Gasteiger partial charge in [0.1, 0.15) is 19.3 Å². The van der Waals surface area contributed by atoms with E-state index in [0.29, 0.717) is 16.8 Å². The quantitative estimate of drug-likeness (QED) is 0.301. The summed E-state index contributed by atoms with van der Waals surface area (Å²) in [6.45, 7) is 9.52. The van der Waals surface area contributed by atoms with Crippen LogP contribution in [-0.2, 0) is 44.7 Å². The molecule has 1 aromatic rings. The van der Waals surface area contributed by atoms with Crippen LogP contribution >= 0.6 is 0 Å². The monoisotopic (exact) mass is 473 g/mol. The summed E-state index contributed by atoms with van der Waals surface area (Å²) >= 11 is 0. The Hall–Kier alpha value is -3.62. The van der Waals surface area contributed by atoms with Gasteiger partial charge >= 0.3 is 23.9 Å². The summed E-state index contributed by atoms with van der Waals surface area (Å²) in [5.41, 5.74) is 2.61. The third-order valence-electron chi connectivity index (χ3n) is 5.12. The minimum absolute atomic E-state index is 0.107. The number of hydrogen-bond donors (Lipinski definition) is 0. The first-order valence-electron chi connectivity index (χ1n) is 10.9. The Kier molecular flexibility index (Phi) is 9.41. The van der Waals surface area contributed by atoms with E-state index in [2.05, 4.69) is 0 Å². The van der Waals surface area contributed by atoms with Crippen molar-refractivity contribution in [1.82, 2.24) is 4.57 Å². The summed E-state index contributed by atoms with van der Waals surface area (Å²) in [5.74, 6) is -2.13. The molecule has 184 valence electrons. The Morgan fingerprint density at radius 1 is 1.00 bits per heavy atom. The van der Waals surface area contributed by atoms with Crippen LogP contribution in [0, 0.1) is 0 Å². The molecule has 2 heterocycles. The van der Waals surface area contributed by atoms with Crippen LogP contribution in [-0.4, -0.2) is 35.1 Å². The minimum atomic E-state index is -0.679. The molecule has 0 saturated heterocycles. The highest BCUT2D eigenvalue weighted by atomic mass is 16.6. The van der Waals surface area contributed by atoms with Gasteiger partial charge in [0.25, 0.3) is 0 Å². The van der Waals surface area contributed by atoms with Crippen molar-refractivity contribution in [3.8, 4) is 0 Å². The number of carbonyl (C=O) groups is 4. The average molecular weight is 474 g/mol. The summed E-state index contributed by atoms with van der Waals surface area (Å²) in [5, 5.41) is 0. The first-order chi connectivity index (χ1) is 16.1. The summed E-state index contributed by atoms with van der Waals surface area (Å²) in [6.07, 6.45) is 5.14. The van der Waals surface area contributed by atoms with Crippen LogP contribution in [0.2, 0.25) is 0 Å². The maximum Gasteiger partial charge on any atom is 0.337 e. The van der Waals surface area contributed by atoms with E-state index in [1.165, 1.54) is 19.1 Å². The topological polar surface area (TPSA) is 110 Å². The van der Waals surface area contributed by atoms with Crippen molar-refractivity contribution >= 4 is 23.9 Å². The summed E-state index contributed by atoms with van der Waals surface area (Å²) in [6, 6.07) is 1.71. The van der Waals surface area contributed by atoms with Gasteiger partial charge in [0.2, 0.25) is 0 Å². The molecule has 1 aliphatic heterocycles. The molecule has 0 N–H and O–H groups in total. The van der Waals surface area contributed by atoms with Crippen LogP contribution in [0.15, 0.2) is 47.2 Å². The molecule has 1 aromatic heterocycles. The Morgan fingerprint density at radius 3 is 2.29 bits per heavy atom. The van der Waals surface area contributed by atoms with Gasteiger partial charge in [-0.3, -0.25) is 4.79 Å². The number of allylic oxidation sites excluding steroid dienone is 3. The maximum absolute atomic E-state index is 12.5. The predicted octanol–water partition coefficient (Wildman–Crippen LogP) is 4.00. The first-order valence-corrected chi connectivity index (χ1v) is 10.9. The highest BCUT2D eigenvalue weighted by Gasteiger charge is 2.37. The lowest BCUT2D eigenvalue weighted by atomic mass is 10.1. The van der Waals surface area contributed by atoms with E-state index in [0.717, 1.165) is 5.57 Å². The highest BCUT2D eigenvalue weighted by Crippen LogP contribution is 2.40. The van der Waals surface area contributed by atoms with Crippen molar-refractivity contribution in [1.29, 1.82) is 0 Å². The fourth-order valence-electron chi connectivity index (χ4n) is 3.34. The van der Waals surface area contributed by atoms with Gasteiger partial charge in [-0.25, -0.2) is 14.4 Å². The SMILES string of the molecule is CC=C(C)C(=O)OCC(=CC)C(=O)OCc1ccn2c1[C@@H](OC(=O)C=C(C)C)C[C@@H]2OC(C)=O. The zero-order valence-corrected chi connectivity index (χ0v) is 20.4. The molecule has 9 nitrogen and oxygen atoms in total. The molecule has 34 heavy (non-hydrogen) atoms. The molecule has 0 spiro atoms. The zero-order chi connectivity index (χ0) is 25.4. The smallest absolute Gasteiger partial charge is 0.337 e. The van der Waals surface area contributed by atoms with Gasteiger partial charge in [-0.15, -0.1) is 0 Å². The van der Waals surface area contributed by atoms with E-state index in [4.69, 9.17) is 18.9 Å². The van der Waals surface area contributed by atoms with Gasteiger partial charge in [-0.1, -0.05) is 17.7 Å². The third-order valence-corrected chi connectivity index (χ3v) is 5.12. The van der Waals surface area contributed by atoms with Crippen LogP contribution in [0.25, 0.3) is 0 Å². The third kappa shape index (κ3) is 6.94. The van der Waals surface area contributed by atoms with Crippen LogP contribution in [0.5, 0.6) is 0 Å². The van der Waals surface area contributed by atoms with E-state index in [9.17, 15) is 19.2 Å². The molecule has 0 bridgehead atoms. The van der Waals surface area contributed by atoms with Crippen LogP contribution < -0.4 is 0 Å². The van der Waals surface area contributed by atoms with Gasteiger partial charge in [0, 0.05) is 36.8 Å². The molecule has 2 atom stereocenters. The Balaban J connectivity index is 2.14. The van der Waals surface area contributed by atoms with Gasteiger partial charge in [0.15, 0.2) is 6.23 Å². The highest BCUT2D eigenvalue weighted by molar-refractivity contribution is 5.91. The molecule has 0 aromatic carbocycles. The fraction of sp³-hybridized carbons (Fsp3) is 0.440. The number of ether oxygens (including phenoxy) is 4. The molecule has 0 unspecified atom stereocenters. The van der Waals surface area contributed by atoms with E-state index in [1.807, 2.05) is 0 Å². The second-order valence-electron chi connectivity index (χ2n) is 8.02. The van der Waals surface area contributed by atoms with E-state index in [-0.39, 0.29) is 25.2 Å². The lowest BCUT2D eigenvalue weighted by Gasteiger charge is -2.14. The van der Waals surface area contributed by atoms with Crippen LogP contribution in [0.4, 0.5) is 0 Å². The second-order valence-corrected chi connectivity index (χ2v) is 8.02. The van der Waals surface area contributed by atoms with Crippen molar-refractivity contribution in [2.75, 3.05) is 6.61 Å². The molecule has 9 heteroatoms.